The number of nitrogens with zero attached hydrogens (tertiary/aromatic N) is 3. The third-order valence-corrected chi connectivity index (χ3v) is 14.7. The van der Waals surface area contributed by atoms with Crippen molar-refractivity contribution in [3.05, 3.63) is 81.4 Å². The minimum absolute atomic E-state index is 0.164. The fraction of sp³-hybridized carbons (Fsp3) is 0.394. The van der Waals surface area contributed by atoms with Gasteiger partial charge in [0.15, 0.2) is 0 Å². The van der Waals surface area contributed by atoms with Crippen molar-refractivity contribution < 1.29 is 25.0 Å². The van der Waals surface area contributed by atoms with Crippen LogP contribution in [0.4, 0.5) is 11.4 Å². The van der Waals surface area contributed by atoms with Crippen LogP contribution in [0.5, 0.6) is 5.75 Å². The van der Waals surface area contributed by atoms with Crippen LogP contribution in [0.2, 0.25) is 0 Å². The van der Waals surface area contributed by atoms with Crippen LogP contribution in [-0.2, 0) is 21.9 Å². The van der Waals surface area contributed by atoms with Crippen molar-refractivity contribution >= 4 is 49.7 Å². The third kappa shape index (κ3) is 6.94. The zero-order chi connectivity index (χ0) is 31.9. The van der Waals surface area contributed by atoms with Gasteiger partial charge < -0.3 is 0 Å². The van der Waals surface area contributed by atoms with Gasteiger partial charge in [-0.1, -0.05) is 0 Å². The normalized spacial score (nSPS) is 14.6. The van der Waals surface area contributed by atoms with E-state index < -0.39 is 21.9 Å². The summed E-state index contributed by atoms with van der Waals surface area (Å²) < 4.78 is 36.3. The van der Waals surface area contributed by atoms with E-state index in [1.165, 1.54) is 29.5 Å². The molecule has 6 nitrogen and oxygen atoms in total. The fourth-order valence-corrected chi connectivity index (χ4v) is 12.8. The molecule has 1 saturated heterocycles. The van der Waals surface area contributed by atoms with Gasteiger partial charge in [0.05, 0.1) is 0 Å². The van der Waals surface area contributed by atoms with Gasteiger partial charge in [0.2, 0.25) is 0 Å². The molecule has 0 aliphatic carbocycles. The Kier molecular flexibility index (Phi) is 10.3. The van der Waals surface area contributed by atoms with Gasteiger partial charge in [-0.3, -0.25) is 0 Å². The van der Waals surface area contributed by atoms with Crippen molar-refractivity contribution in [2.45, 2.75) is 59.8 Å². The van der Waals surface area contributed by atoms with E-state index in [1.54, 1.807) is 18.2 Å². The summed E-state index contributed by atoms with van der Waals surface area (Å²) in [6.07, 6.45) is 0.807. The van der Waals surface area contributed by atoms with E-state index in [4.69, 9.17) is 24.1 Å². The average Bonchev–Trinajstić information content (AvgIpc) is 3.31. The van der Waals surface area contributed by atoms with Gasteiger partial charge in [-0.15, -0.1) is 0 Å². The van der Waals surface area contributed by atoms with Crippen molar-refractivity contribution in [2.24, 2.45) is 0 Å². The number of anilines is 2. The Bertz CT molecular complexity index is 1670. The molecule has 0 radical (unpaired) electrons. The molecule has 4 rings (SSSR count). The Morgan fingerprint density at radius 2 is 1.30 bits per heavy atom. The number of hydrogen-bond acceptors (Lipinski definition) is 5. The molecule has 0 aromatic heterocycles. The Balaban J connectivity index is 2.09. The van der Waals surface area contributed by atoms with E-state index >= 15 is 0 Å². The van der Waals surface area contributed by atoms with E-state index in [2.05, 4.69) is 75.6 Å². The molecule has 3 aromatic carbocycles. The van der Waals surface area contributed by atoms with Crippen molar-refractivity contribution in [1.82, 2.24) is 4.31 Å². The molecule has 236 valence electrons. The molecule has 0 spiro atoms. The van der Waals surface area contributed by atoms with Gasteiger partial charge in [0, 0.05) is 0 Å². The molecular formula is C33H43Cl2N3O3RuS. The van der Waals surface area contributed by atoms with E-state index in [0.717, 1.165) is 57.5 Å². The molecule has 3 aromatic rings. The molecule has 0 bridgehead atoms. The standard InChI is InChI=1S/C21H26N2.C12H17NO3S.2ClH.Ru/c1-14-9-16(3)20(17(4)10-14)22-7-8-23(13-22)21-18(5)11-15(2)12-19(21)6;1-5-8-16-12-7-6-11(9-10(12)2)17(14,15)13(3)4;;;/h9-12H,7-8H2,1-6H3;2,6-7,9H,5,8H2,1,3-4H3;2*1H;/q;;;;+2/p-2. The molecule has 0 amide bonds. The predicted molar refractivity (Wildman–Crippen MR) is 181 cm³/mol. The van der Waals surface area contributed by atoms with Crippen molar-refractivity contribution in [3.63, 3.8) is 0 Å². The number of halogens is 2. The molecular weight excluding hydrogens is 690 g/mol. The number of rotatable bonds is 8. The van der Waals surface area contributed by atoms with Gasteiger partial charge in [0.25, 0.3) is 0 Å². The topological polar surface area (TPSA) is 53.1 Å². The SMILES string of the molecule is CCCOc1ccc(S(=O)(=O)N(C)C)cc1[CH]=[Ru]([Cl])([Cl])=[C]1N(c2c(C)cc(C)cc2C)CCN1c1c(C)cc(C)cc1C. The Hall–Kier alpha value is -2.09. The Labute approximate surface area is 268 Å². The summed E-state index contributed by atoms with van der Waals surface area (Å²) in [5.74, 6) is 0.563. The summed E-state index contributed by atoms with van der Waals surface area (Å²) in [5.41, 5.74) is 9.83. The van der Waals surface area contributed by atoms with Gasteiger partial charge in [0.1, 0.15) is 0 Å². The zero-order valence-electron chi connectivity index (χ0n) is 26.5. The van der Waals surface area contributed by atoms with Gasteiger partial charge in [-0.25, -0.2) is 0 Å². The van der Waals surface area contributed by atoms with Crippen LogP contribution in [0.15, 0.2) is 47.4 Å². The number of aryl methyl sites for hydroxylation is 6. The second-order valence-electron chi connectivity index (χ2n) is 11.4. The van der Waals surface area contributed by atoms with Crippen molar-refractivity contribution in [1.29, 1.82) is 0 Å². The number of ether oxygens (including phenoxy) is 1. The van der Waals surface area contributed by atoms with E-state index in [0.29, 0.717) is 17.9 Å². The first-order valence-corrected chi connectivity index (χ1v) is 22.1. The monoisotopic (exact) mass is 733 g/mol. The minimum atomic E-state index is -3.94. The Morgan fingerprint density at radius 3 is 1.72 bits per heavy atom. The number of sulfonamides is 1. The molecule has 1 fully saturated rings. The molecule has 1 aliphatic rings. The quantitative estimate of drug-likeness (QED) is 0.228. The molecule has 43 heavy (non-hydrogen) atoms. The summed E-state index contributed by atoms with van der Waals surface area (Å²) in [6.45, 7) is 16.7. The van der Waals surface area contributed by atoms with Crippen LogP contribution < -0.4 is 14.5 Å². The van der Waals surface area contributed by atoms with Crippen LogP contribution in [0.1, 0.15) is 52.3 Å². The van der Waals surface area contributed by atoms with Gasteiger partial charge in [-0.2, -0.15) is 0 Å². The maximum atomic E-state index is 13.1. The Morgan fingerprint density at radius 1 is 0.837 bits per heavy atom. The first-order valence-electron chi connectivity index (χ1n) is 14.3. The van der Waals surface area contributed by atoms with E-state index in [1.807, 2.05) is 11.5 Å². The van der Waals surface area contributed by atoms with Gasteiger partial charge >= 0.3 is 270 Å². The molecule has 0 unspecified atom stereocenters. The molecule has 10 heteroatoms. The van der Waals surface area contributed by atoms with Crippen LogP contribution in [0.25, 0.3) is 0 Å². The molecule has 1 heterocycles. The van der Waals surface area contributed by atoms with Gasteiger partial charge in [-0.05, 0) is 0 Å². The van der Waals surface area contributed by atoms with E-state index in [9.17, 15) is 8.42 Å². The molecule has 0 atom stereocenters. The second kappa shape index (κ2) is 13.1. The van der Waals surface area contributed by atoms with Crippen LogP contribution in [-0.4, -0.2) is 55.5 Å². The van der Waals surface area contributed by atoms with Crippen molar-refractivity contribution in [2.75, 3.05) is 43.6 Å². The molecule has 1 aliphatic heterocycles. The summed E-state index contributed by atoms with van der Waals surface area (Å²) in [4.78, 5) is 4.74. The first-order chi connectivity index (χ1) is 20.1. The maximum absolute atomic E-state index is 13.1. The predicted octanol–water partition coefficient (Wildman–Crippen LogP) is 7.30. The molecule has 0 N–H and O–H groups in total. The third-order valence-electron chi connectivity index (χ3n) is 7.46. The van der Waals surface area contributed by atoms with Crippen LogP contribution in [0, 0.1) is 41.5 Å². The first kappa shape index (κ1) is 33.8. The van der Waals surface area contributed by atoms with E-state index in [-0.39, 0.29) is 4.90 Å². The average molecular weight is 734 g/mol. The molecule has 0 saturated carbocycles. The van der Waals surface area contributed by atoms with Crippen LogP contribution in [0.3, 0.4) is 0 Å². The number of benzene rings is 3. The summed E-state index contributed by atoms with van der Waals surface area (Å²) >= 11 is -3.94. The van der Waals surface area contributed by atoms with Crippen molar-refractivity contribution in [3.8, 4) is 5.75 Å². The summed E-state index contributed by atoms with van der Waals surface area (Å²) in [6, 6.07) is 13.7. The van der Waals surface area contributed by atoms with Crippen LogP contribution >= 0.6 is 19.4 Å². The fourth-order valence-electron chi connectivity index (χ4n) is 5.88. The zero-order valence-corrected chi connectivity index (χ0v) is 30.6. The summed E-state index contributed by atoms with van der Waals surface area (Å²) in [7, 11) is 14.6. The number of hydrogen-bond donors (Lipinski definition) is 0. The second-order valence-corrected chi connectivity index (χ2v) is 22.8. The summed E-state index contributed by atoms with van der Waals surface area (Å²) in [5, 5.41) is 0.